The van der Waals surface area contributed by atoms with Gasteiger partial charge in [0.2, 0.25) is 0 Å². The Morgan fingerprint density at radius 1 is 1.39 bits per heavy atom. The van der Waals surface area contributed by atoms with Crippen molar-refractivity contribution in [2.45, 2.75) is 13.0 Å². The molecule has 0 aromatic heterocycles. The molecule has 18 heavy (non-hydrogen) atoms. The van der Waals surface area contributed by atoms with Crippen LogP contribution in [0.4, 0.5) is 0 Å². The molecule has 0 radical (unpaired) electrons. The SMILES string of the molecule is COc1ccc(CNCCCS(C)(=O)=O)c(O)c1. The van der Waals surface area contributed by atoms with Crippen LogP contribution in [-0.2, 0) is 16.4 Å². The number of rotatable bonds is 7. The van der Waals surface area contributed by atoms with Crippen LogP contribution in [0.1, 0.15) is 12.0 Å². The molecular formula is C12H19NO4S. The maximum Gasteiger partial charge on any atom is 0.147 e. The molecule has 0 saturated carbocycles. The van der Waals surface area contributed by atoms with Crippen molar-refractivity contribution in [2.24, 2.45) is 0 Å². The predicted octanol–water partition coefficient (Wildman–Crippen LogP) is 0.925. The van der Waals surface area contributed by atoms with Crippen LogP contribution in [0.3, 0.4) is 0 Å². The van der Waals surface area contributed by atoms with Gasteiger partial charge in [-0.2, -0.15) is 0 Å². The van der Waals surface area contributed by atoms with Gasteiger partial charge in [0.15, 0.2) is 0 Å². The molecule has 1 rings (SSSR count). The number of aromatic hydroxyl groups is 1. The minimum atomic E-state index is -2.89. The molecule has 1 aromatic carbocycles. The Hall–Kier alpha value is -1.27. The van der Waals surface area contributed by atoms with Crippen molar-refractivity contribution in [3.05, 3.63) is 23.8 Å². The van der Waals surface area contributed by atoms with Gasteiger partial charge in [0.05, 0.1) is 12.9 Å². The van der Waals surface area contributed by atoms with Crippen LogP contribution in [0, 0.1) is 0 Å². The standard InChI is InChI=1S/C12H19NO4S/c1-17-11-5-4-10(12(14)8-11)9-13-6-3-7-18(2,15)16/h4-5,8,13-14H,3,6-7,9H2,1-2H3. The first-order valence-electron chi connectivity index (χ1n) is 5.66. The van der Waals surface area contributed by atoms with E-state index in [2.05, 4.69) is 5.32 Å². The van der Waals surface area contributed by atoms with Gasteiger partial charge in [-0.1, -0.05) is 6.07 Å². The van der Waals surface area contributed by atoms with Crippen LogP contribution in [0.15, 0.2) is 18.2 Å². The molecule has 0 spiro atoms. The van der Waals surface area contributed by atoms with Crippen LogP contribution in [0.2, 0.25) is 0 Å². The third-order valence-corrected chi connectivity index (χ3v) is 3.51. The largest absolute Gasteiger partial charge is 0.507 e. The first-order chi connectivity index (χ1) is 8.42. The summed E-state index contributed by atoms with van der Waals surface area (Å²) in [5.74, 6) is 0.951. The number of nitrogens with one attached hydrogen (secondary N) is 1. The lowest BCUT2D eigenvalue weighted by molar-refractivity contribution is 0.406. The Morgan fingerprint density at radius 3 is 2.67 bits per heavy atom. The second-order valence-corrected chi connectivity index (χ2v) is 6.41. The smallest absolute Gasteiger partial charge is 0.147 e. The second-order valence-electron chi connectivity index (χ2n) is 4.15. The van der Waals surface area contributed by atoms with Crippen LogP contribution >= 0.6 is 0 Å². The van der Waals surface area contributed by atoms with Crippen molar-refractivity contribution in [1.29, 1.82) is 0 Å². The van der Waals surface area contributed by atoms with Crippen molar-refractivity contribution in [3.63, 3.8) is 0 Å². The summed E-state index contributed by atoms with van der Waals surface area (Å²) in [4.78, 5) is 0. The van der Waals surface area contributed by atoms with Crippen molar-refractivity contribution < 1.29 is 18.3 Å². The van der Waals surface area contributed by atoms with Gasteiger partial charge in [-0.3, -0.25) is 0 Å². The Morgan fingerprint density at radius 2 is 2.11 bits per heavy atom. The fourth-order valence-electron chi connectivity index (χ4n) is 1.50. The highest BCUT2D eigenvalue weighted by molar-refractivity contribution is 7.90. The Kier molecular flexibility index (Phi) is 5.43. The van der Waals surface area contributed by atoms with Crippen molar-refractivity contribution in [2.75, 3.05) is 25.7 Å². The molecule has 0 saturated heterocycles. The summed E-state index contributed by atoms with van der Waals surface area (Å²) in [7, 11) is -1.35. The van der Waals surface area contributed by atoms with E-state index in [4.69, 9.17) is 4.74 Å². The monoisotopic (exact) mass is 273 g/mol. The van der Waals surface area contributed by atoms with Crippen LogP contribution in [-0.4, -0.2) is 39.2 Å². The van der Waals surface area contributed by atoms with Crippen molar-refractivity contribution >= 4 is 9.84 Å². The van der Waals surface area contributed by atoms with Gasteiger partial charge in [0, 0.05) is 24.4 Å². The zero-order chi connectivity index (χ0) is 13.6. The van der Waals surface area contributed by atoms with E-state index in [0.717, 1.165) is 5.56 Å². The normalized spacial score (nSPS) is 11.4. The topological polar surface area (TPSA) is 75.6 Å². The molecule has 0 aliphatic rings. The van der Waals surface area contributed by atoms with E-state index in [1.54, 1.807) is 18.2 Å². The molecule has 0 amide bonds. The zero-order valence-corrected chi connectivity index (χ0v) is 11.5. The highest BCUT2D eigenvalue weighted by atomic mass is 32.2. The number of ether oxygens (including phenoxy) is 1. The van der Waals surface area contributed by atoms with E-state index in [1.807, 2.05) is 0 Å². The maximum absolute atomic E-state index is 10.9. The molecule has 5 nitrogen and oxygen atoms in total. The van der Waals surface area contributed by atoms with Crippen LogP contribution in [0.5, 0.6) is 11.5 Å². The van der Waals surface area contributed by atoms with Crippen molar-refractivity contribution in [1.82, 2.24) is 5.32 Å². The number of sulfone groups is 1. The van der Waals surface area contributed by atoms with Gasteiger partial charge in [-0.05, 0) is 19.0 Å². The quantitative estimate of drug-likeness (QED) is 0.723. The summed E-state index contributed by atoms with van der Waals surface area (Å²) in [6.45, 7) is 1.10. The molecule has 0 heterocycles. The van der Waals surface area contributed by atoms with Crippen molar-refractivity contribution in [3.8, 4) is 11.5 Å². The van der Waals surface area contributed by atoms with E-state index in [1.165, 1.54) is 13.4 Å². The Bertz CT molecular complexity index is 485. The van der Waals surface area contributed by atoms with Gasteiger partial charge in [0.25, 0.3) is 0 Å². The molecule has 102 valence electrons. The van der Waals surface area contributed by atoms with Crippen LogP contribution < -0.4 is 10.1 Å². The first-order valence-corrected chi connectivity index (χ1v) is 7.73. The molecule has 0 aliphatic carbocycles. The van der Waals surface area contributed by atoms with E-state index in [9.17, 15) is 13.5 Å². The molecule has 6 heteroatoms. The maximum atomic E-state index is 10.9. The fraction of sp³-hybridized carbons (Fsp3) is 0.500. The summed E-state index contributed by atoms with van der Waals surface area (Å²) in [6, 6.07) is 5.10. The summed E-state index contributed by atoms with van der Waals surface area (Å²) in [5, 5.41) is 12.8. The minimum Gasteiger partial charge on any atom is -0.507 e. The zero-order valence-electron chi connectivity index (χ0n) is 10.6. The number of phenolic OH excluding ortho intramolecular Hbond substituents is 1. The fourth-order valence-corrected chi connectivity index (χ4v) is 2.17. The highest BCUT2D eigenvalue weighted by Gasteiger charge is 2.04. The average molecular weight is 273 g/mol. The average Bonchev–Trinajstić information content (AvgIpc) is 2.29. The molecule has 0 atom stereocenters. The molecular weight excluding hydrogens is 254 g/mol. The van der Waals surface area contributed by atoms with E-state index >= 15 is 0 Å². The molecule has 0 bridgehead atoms. The lowest BCUT2D eigenvalue weighted by Crippen LogP contribution is -2.17. The summed E-state index contributed by atoms with van der Waals surface area (Å²) in [6.07, 6.45) is 1.79. The van der Waals surface area contributed by atoms with E-state index in [-0.39, 0.29) is 11.5 Å². The van der Waals surface area contributed by atoms with Gasteiger partial charge in [0.1, 0.15) is 21.3 Å². The van der Waals surface area contributed by atoms with Gasteiger partial charge >= 0.3 is 0 Å². The van der Waals surface area contributed by atoms with Gasteiger partial charge < -0.3 is 15.2 Å². The third-order valence-electron chi connectivity index (χ3n) is 2.48. The Balaban J connectivity index is 2.36. The molecule has 2 N–H and O–H groups in total. The summed E-state index contributed by atoms with van der Waals surface area (Å²) < 4.78 is 26.8. The Labute approximate surface area is 108 Å². The molecule has 1 aromatic rings. The number of phenols is 1. The lowest BCUT2D eigenvalue weighted by atomic mass is 10.2. The molecule has 0 fully saturated rings. The summed E-state index contributed by atoms with van der Waals surface area (Å²) >= 11 is 0. The minimum absolute atomic E-state index is 0.171. The van der Waals surface area contributed by atoms with E-state index < -0.39 is 9.84 Å². The van der Waals surface area contributed by atoms with E-state index in [0.29, 0.717) is 25.3 Å². The number of hydrogen-bond acceptors (Lipinski definition) is 5. The first kappa shape index (κ1) is 14.8. The number of methoxy groups -OCH3 is 1. The highest BCUT2D eigenvalue weighted by Crippen LogP contribution is 2.22. The lowest BCUT2D eigenvalue weighted by Gasteiger charge is -2.08. The third kappa shape index (κ3) is 5.37. The molecule has 0 unspecified atom stereocenters. The van der Waals surface area contributed by atoms with Crippen LogP contribution in [0.25, 0.3) is 0 Å². The molecule has 0 aliphatic heterocycles. The van der Waals surface area contributed by atoms with Gasteiger partial charge in [-0.15, -0.1) is 0 Å². The number of hydrogen-bond donors (Lipinski definition) is 2. The number of benzene rings is 1. The predicted molar refractivity (Wildman–Crippen MR) is 70.7 cm³/mol. The van der Waals surface area contributed by atoms with Gasteiger partial charge in [-0.25, -0.2) is 8.42 Å². The summed E-state index contributed by atoms with van der Waals surface area (Å²) in [5.41, 5.74) is 0.759. The second kappa shape index (κ2) is 6.61.